The largest absolute Gasteiger partial charge is 0.481 e. The lowest BCUT2D eigenvalue weighted by Gasteiger charge is -2.39. The van der Waals surface area contributed by atoms with E-state index in [1.807, 2.05) is 6.92 Å². The summed E-state index contributed by atoms with van der Waals surface area (Å²) >= 11 is 0. The maximum atomic E-state index is 12.2. The van der Waals surface area contributed by atoms with Gasteiger partial charge in [0.15, 0.2) is 0 Å². The van der Waals surface area contributed by atoms with Crippen LogP contribution in [0.15, 0.2) is 12.3 Å². The van der Waals surface area contributed by atoms with Crippen molar-refractivity contribution in [2.75, 3.05) is 13.1 Å². The molecule has 1 aliphatic heterocycles. The second-order valence-electron chi connectivity index (χ2n) is 5.12. The second-order valence-corrected chi connectivity index (χ2v) is 5.12. The van der Waals surface area contributed by atoms with Crippen molar-refractivity contribution < 1.29 is 14.7 Å². The first-order chi connectivity index (χ1) is 9.07. The highest BCUT2D eigenvalue weighted by Gasteiger charge is 2.41. The number of carbonyl (C=O) groups is 2. The highest BCUT2D eigenvalue weighted by Crippen LogP contribution is 2.33. The first kappa shape index (κ1) is 13.6. The highest BCUT2D eigenvalue weighted by atomic mass is 16.4. The molecule has 2 N–H and O–H groups in total. The van der Waals surface area contributed by atoms with Crippen molar-refractivity contribution in [3.8, 4) is 0 Å². The molecule has 2 heterocycles. The summed E-state index contributed by atoms with van der Waals surface area (Å²) in [5.74, 6) is -0.836. The molecule has 0 aromatic carbocycles. The molecule has 1 amide bonds. The number of hydrogen-bond acceptors (Lipinski definition) is 3. The molecule has 1 atom stereocenters. The molecule has 1 aromatic rings. The van der Waals surface area contributed by atoms with Gasteiger partial charge in [0.1, 0.15) is 0 Å². The molecule has 2 rings (SSSR count). The molecule has 19 heavy (non-hydrogen) atoms. The Hall–Kier alpha value is -1.85. The van der Waals surface area contributed by atoms with Crippen LogP contribution in [-0.4, -0.2) is 45.2 Å². The summed E-state index contributed by atoms with van der Waals surface area (Å²) in [6.45, 7) is 2.82. The fourth-order valence-electron chi connectivity index (χ4n) is 2.62. The number of aromatic amines is 1. The van der Waals surface area contributed by atoms with Gasteiger partial charge in [0.2, 0.25) is 5.91 Å². The molecule has 1 aromatic heterocycles. The van der Waals surface area contributed by atoms with E-state index in [0.717, 1.165) is 12.1 Å². The lowest BCUT2D eigenvalue weighted by Crippen LogP contribution is -2.50. The van der Waals surface area contributed by atoms with E-state index in [1.165, 1.54) is 0 Å². The molecule has 104 valence electrons. The number of likely N-dealkylation sites (tertiary alicyclic amines) is 1. The van der Waals surface area contributed by atoms with Crippen molar-refractivity contribution in [1.29, 1.82) is 0 Å². The van der Waals surface area contributed by atoms with Crippen molar-refractivity contribution in [2.24, 2.45) is 5.41 Å². The number of hydrogen-bond donors (Lipinski definition) is 2. The average Bonchev–Trinajstić information content (AvgIpc) is 2.91. The molecule has 1 aliphatic rings. The molecular weight excluding hydrogens is 246 g/mol. The molecule has 0 radical (unpaired) electrons. The van der Waals surface area contributed by atoms with E-state index in [1.54, 1.807) is 17.2 Å². The monoisotopic (exact) mass is 265 g/mol. The molecule has 1 saturated heterocycles. The maximum absolute atomic E-state index is 12.2. The third kappa shape index (κ3) is 2.77. The molecule has 1 fully saturated rings. The standard InChI is InChI=1S/C13H19N3O3/c1-2-13(12(18)19)5-3-7-16(9-13)11(17)8-10-4-6-14-15-10/h4,6H,2-3,5,7-9H2,1H3,(H,14,15)(H,18,19). The van der Waals surface area contributed by atoms with Crippen LogP contribution >= 0.6 is 0 Å². The number of piperidine rings is 1. The SMILES string of the molecule is CCC1(C(=O)O)CCCN(C(=O)Cc2ccn[nH]2)C1. The van der Waals surface area contributed by atoms with Gasteiger partial charge < -0.3 is 10.0 Å². The Balaban J connectivity index is 2.04. The summed E-state index contributed by atoms with van der Waals surface area (Å²) in [6.07, 6.45) is 3.80. The van der Waals surface area contributed by atoms with Crippen LogP contribution in [0.3, 0.4) is 0 Å². The van der Waals surface area contributed by atoms with Crippen LogP contribution in [0.1, 0.15) is 31.9 Å². The molecule has 1 unspecified atom stereocenters. The van der Waals surface area contributed by atoms with Crippen molar-refractivity contribution >= 4 is 11.9 Å². The number of carbonyl (C=O) groups excluding carboxylic acids is 1. The Morgan fingerprint density at radius 3 is 2.95 bits per heavy atom. The van der Waals surface area contributed by atoms with Gasteiger partial charge in [-0.3, -0.25) is 14.7 Å². The minimum atomic E-state index is -0.797. The van der Waals surface area contributed by atoms with Gasteiger partial charge in [0.05, 0.1) is 11.8 Å². The fraction of sp³-hybridized carbons (Fsp3) is 0.615. The van der Waals surface area contributed by atoms with Gasteiger partial charge in [-0.05, 0) is 25.3 Å². The molecule has 0 aliphatic carbocycles. The van der Waals surface area contributed by atoms with E-state index in [4.69, 9.17) is 0 Å². The highest BCUT2D eigenvalue weighted by molar-refractivity contribution is 5.81. The number of nitrogens with zero attached hydrogens (tertiary/aromatic N) is 2. The minimum Gasteiger partial charge on any atom is -0.481 e. The Bertz CT molecular complexity index is 458. The van der Waals surface area contributed by atoms with E-state index in [9.17, 15) is 14.7 Å². The molecule has 6 nitrogen and oxygen atoms in total. The second kappa shape index (κ2) is 5.42. The summed E-state index contributed by atoms with van der Waals surface area (Å²) < 4.78 is 0. The van der Waals surface area contributed by atoms with Crippen LogP contribution in [-0.2, 0) is 16.0 Å². The smallest absolute Gasteiger partial charge is 0.311 e. The van der Waals surface area contributed by atoms with Gasteiger partial charge in [0, 0.05) is 25.0 Å². The van der Waals surface area contributed by atoms with Gasteiger partial charge in [-0.25, -0.2) is 0 Å². The zero-order valence-corrected chi connectivity index (χ0v) is 11.1. The summed E-state index contributed by atoms with van der Waals surface area (Å²) in [7, 11) is 0. The van der Waals surface area contributed by atoms with E-state index in [2.05, 4.69) is 10.2 Å². The van der Waals surface area contributed by atoms with E-state index < -0.39 is 11.4 Å². The van der Waals surface area contributed by atoms with E-state index in [-0.39, 0.29) is 12.3 Å². The van der Waals surface area contributed by atoms with Crippen LogP contribution in [0.25, 0.3) is 0 Å². The van der Waals surface area contributed by atoms with Gasteiger partial charge in [-0.2, -0.15) is 5.10 Å². The van der Waals surface area contributed by atoms with E-state index in [0.29, 0.717) is 25.9 Å². The Morgan fingerprint density at radius 2 is 2.37 bits per heavy atom. The molecule has 0 saturated carbocycles. The average molecular weight is 265 g/mol. The molecule has 6 heteroatoms. The topological polar surface area (TPSA) is 86.3 Å². The first-order valence-electron chi connectivity index (χ1n) is 6.57. The first-order valence-corrected chi connectivity index (χ1v) is 6.57. The van der Waals surface area contributed by atoms with Crippen LogP contribution in [0, 0.1) is 5.41 Å². The quantitative estimate of drug-likeness (QED) is 0.852. The number of carboxylic acid groups (broad SMARTS) is 1. The number of aliphatic carboxylic acids is 1. The van der Waals surface area contributed by atoms with Crippen LogP contribution < -0.4 is 0 Å². The van der Waals surface area contributed by atoms with Crippen molar-refractivity contribution in [3.05, 3.63) is 18.0 Å². The normalized spacial score (nSPS) is 23.3. The van der Waals surface area contributed by atoms with Crippen molar-refractivity contribution in [1.82, 2.24) is 15.1 Å². The lowest BCUT2D eigenvalue weighted by atomic mass is 9.77. The summed E-state index contributed by atoms with van der Waals surface area (Å²) in [5.41, 5.74) is -0.0185. The zero-order chi connectivity index (χ0) is 13.9. The van der Waals surface area contributed by atoms with Crippen molar-refractivity contribution in [2.45, 2.75) is 32.6 Å². The molecule has 0 bridgehead atoms. The number of carboxylic acids is 1. The Labute approximate surface area is 111 Å². The maximum Gasteiger partial charge on any atom is 0.311 e. The fourth-order valence-corrected chi connectivity index (χ4v) is 2.62. The van der Waals surface area contributed by atoms with Crippen LogP contribution in [0.2, 0.25) is 0 Å². The van der Waals surface area contributed by atoms with Gasteiger partial charge in [-0.1, -0.05) is 6.92 Å². The summed E-state index contributed by atoms with van der Waals surface area (Å²) in [5, 5.41) is 15.9. The van der Waals surface area contributed by atoms with E-state index >= 15 is 0 Å². The number of rotatable bonds is 4. The lowest BCUT2D eigenvalue weighted by molar-refractivity contribution is -0.155. The summed E-state index contributed by atoms with van der Waals surface area (Å²) in [6, 6.07) is 1.76. The number of nitrogens with one attached hydrogen (secondary N) is 1. The third-order valence-corrected chi connectivity index (χ3v) is 3.96. The third-order valence-electron chi connectivity index (χ3n) is 3.96. The van der Waals surface area contributed by atoms with Gasteiger partial charge in [0.25, 0.3) is 0 Å². The molecular formula is C13H19N3O3. The predicted octanol–water partition coefficient (Wildman–Crippen LogP) is 1.06. The van der Waals surface area contributed by atoms with Gasteiger partial charge >= 0.3 is 5.97 Å². The number of amides is 1. The zero-order valence-electron chi connectivity index (χ0n) is 11.1. The number of aromatic nitrogens is 2. The minimum absolute atomic E-state index is 0.0389. The predicted molar refractivity (Wildman–Crippen MR) is 68.5 cm³/mol. The Morgan fingerprint density at radius 1 is 1.58 bits per heavy atom. The van der Waals surface area contributed by atoms with Crippen LogP contribution in [0.4, 0.5) is 0 Å². The molecule has 0 spiro atoms. The van der Waals surface area contributed by atoms with Gasteiger partial charge in [-0.15, -0.1) is 0 Å². The Kier molecular flexibility index (Phi) is 3.87. The number of H-pyrrole nitrogens is 1. The van der Waals surface area contributed by atoms with Crippen molar-refractivity contribution in [3.63, 3.8) is 0 Å². The van der Waals surface area contributed by atoms with Crippen LogP contribution in [0.5, 0.6) is 0 Å². The summed E-state index contributed by atoms with van der Waals surface area (Å²) in [4.78, 5) is 25.3.